The van der Waals surface area contributed by atoms with E-state index in [0.29, 0.717) is 0 Å². The standard InChI is InChI=1S/C14H11ClO5S/c15-12-9-5-4-8-11(12)13(14(16)17)20-21(18,19)10-6-2-1-3-7-10/h1-9,13H,(H,16,17). The molecule has 0 radical (unpaired) electrons. The van der Waals surface area contributed by atoms with Gasteiger partial charge in [0.1, 0.15) is 0 Å². The largest absolute Gasteiger partial charge is 0.479 e. The monoisotopic (exact) mass is 326 g/mol. The van der Waals surface area contributed by atoms with E-state index in [-0.39, 0.29) is 15.5 Å². The van der Waals surface area contributed by atoms with Crippen molar-refractivity contribution in [2.75, 3.05) is 0 Å². The number of hydrogen-bond donors (Lipinski definition) is 1. The third-order valence-electron chi connectivity index (χ3n) is 2.67. The average Bonchev–Trinajstić information content (AvgIpc) is 2.46. The second-order valence-corrected chi connectivity index (χ2v) is 6.08. The second-order valence-electron chi connectivity index (χ2n) is 4.10. The number of benzene rings is 2. The molecule has 1 unspecified atom stereocenters. The van der Waals surface area contributed by atoms with Crippen molar-refractivity contribution in [3.05, 3.63) is 65.2 Å². The summed E-state index contributed by atoms with van der Waals surface area (Å²) in [6, 6.07) is 13.3. The van der Waals surface area contributed by atoms with Gasteiger partial charge in [0.05, 0.1) is 4.90 Å². The quantitative estimate of drug-likeness (QED) is 0.854. The number of carboxylic acids is 1. The molecule has 0 aliphatic rings. The minimum absolute atomic E-state index is 0.0752. The van der Waals surface area contributed by atoms with Crippen molar-refractivity contribution in [3.8, 4) is 0 Å². The summed E-state index contributed by atoms with van der Waals surface area (Å²) in [6.07, 6.45) is -1.70. The van der Waals surface area contributed by atoms with Gasteiger partial charge in [-0.1, -0.05) is 48.0 Å². The summed E-state index contributed by atoms with van der Waals surface area (Å²) in [5.41, 5.74) is 0.0752. The molecule has 0 spiro atoms. The van der Waals surface area contributed by atoms with E-state index in [4.69, 9.17) is 15.8 Å². The minimum Gasteiger partial charge on any atom is -0.479 e. The Kier molecular flexibility index (Phi) is 4.62. The van der Waals surface area contributed by atoms with Gasteiger partial charge < -0.3 is 5.11 Å². The molecular formula is C14H11ClO5S. The van der Waals surface area contributed by atoms with Gasteiger partial charge in [0.15, 0.2) is 0 Å². The topological polar surface area (TPSA) is 80.7 Å². The number of hydrogen-bond acceptors (Lipinski definition) is 4. The molecule has 1 atom stereocenters. The predicted octanol–water partition coefficient (Wildman–Crippen LogP) is 2.87. The highest BCUT2D eigenvalue weighted by Gasteiger charge is 2.30. The summed E-state index contributed by atoms with van der Waals surface area (Å²) in [6.45, 7) is 0. The zero-order valence-corrected chi connectivity index (χ0v) is 12.2. The van der Waals surface area contributed by atoms with E-state index in [2.05, 4.69) is 0 Å². The fourth-order valence-corrected chi connectivity index (χ4v) is 2.96. The molecule has 7 heteroatoms. The van der Waals surface area contributed by atoms with Crippen LogP contribution < -0.4 is 0 Å². The number of aliphatic carboxylic acids is 1. The molecule has 0 saturated carbocycles. The third kappa shape index (κ3) is 3.60. The van der Waals surface area contributed by atoms with E-state index < -0.39 is 22.2 Å². The van der Waals surface area contributed by atoms with Crippen molar-refractivity contribution in [2.45, 2.75) is 11.0 Å². The lowest BCUT2D eigenvalue weighted by Crippen LogP contribution is -2.20. The van der Waals surface area contributed by atoms with Gasteiger partial charge in [-0.15, -0.1) is 0 Å². The summed E-state index contributed by atoms with van der Waals surface area (Å²) >= 11 is 5.90. The molecule has 21 heavy (non-hydrogen) atoms. The molecule has 0 saturated heterocycles. The SMILES string of the molecule is O=C(O)C(OS(=O)(=O)c1ccccc1)c1ccccc1Cl. The number of rotatable bonds is 5. The Balaban J connectivity index is 2.38. The zero-order valence-electron chi connectivity index (χ0n) is 10.6. The molecule has 0 aliphatic carbocycles. The van der Waals surface area contributed by atoms with Crippen LogP contribution in [0.25, 0.3) is 0 Å². The first kappa shape index (κ1) is 15.5. The summed E-state index contributed by atoms with van der Waals surface area (Å²) in [7, 11) is -4.21. The summed E-state index contributed by atoms with van der Waals surface area (Å²) in [5.74, 6) is -1.44. The molecule has 0 heterocycles. The number of carbonyl (C=O) groups is 1. The smallest absolute Gasteiger partial charge is 0.339 e. The highest BCUT2D eigenvalue weighted by molar-refractivity contribution is 7.86. The van der Waals surface area contributed by atoms with E-state index in [1.165, 1.54) is 36.4 Å². The van der Waals surface area contributed by atoms with Crippen LogP contribution >= 0.6 is 11.6 Å². The lowest BCUT2D eigenvalue weighted by molar-refractivity contribution is -0.145. The van der Waals surface area contributed by atoms with Crippen LogP contribution in [0.2, 0.25) is 5.02 Å². The van der Waals surface area contributed by atoms with Crippen LogP contribution in [0.3, 0.4) is 0 Å². The molecule has 0 aromatic heterocycles. The normalized spacial score (nSPS) is 12.8. The van der Waals surface area contributed by atoms with Crippen LogP contribution in [0.15, 0.2) is 59.5 Å². The fourth-order valence-electron chi connectivity index (χ4n) is 1.68. The van der Waals surface area contributed by atoms with Crippen molar-refractivity contribution >= 4 is 27.7 Å². The molecule has 0 fully saturated rings. The van der Waals surface area contributed by atoms with Gasteiger partial charge in [-0.3, -0.25) is 0 Å². The van der Waals surface area contributed by atoms with E-state index in [0.717, 1.165) is 0 Å². The molecule has 0 aliphatic heterocycles. The van der Waals surface area contributed by atoms with Gasteiger partial charge in [-0.05, 0) is 18.2 Å². The molecule has 5 nitrogen and oxygen atoms in total. The first-order valence-corrected chi connectivity index (χ1v) is 7.66. The van der Waals surface area contributed by atoms with Crippen LogP contribution in [0, 0.1) is 0 Å². The van der Waals surface area contributed by atoms with Crippen LogP contribution in [0.5, 0.6) is 0 Å². The third-order valence-corrected chi connectivity index (χ3v) is 4.31. The van der Waals surface area contributed by atoms with E-state index in [1.807, 2.05) is 0 Å². The molecule has 110 valence electrons. The Morgan fingerprint density at radius 3 is 2.19 bits per heavy atom. The lowest BCUT2D eigenvalue weighted by Gasteiger charge is -2.15. The minimum atomic E-state index is -4.21. The first-order valence-electron chi connectivity index (χ1n) is 5.87. The maximum atomic E-state index is 12.1. The molecule has 0 amide bonds. The Labute approximate surface area is 126 Å². The van der Waals surface area contributed by atoms with Gasteiger partial charge in [-0.25, -0.2) is 8.98 Å². The van der Waals surface area contributed by atoms with E-state index in [1.54, 1.807) is 18.2 Å². The van der Waals surface area contributed by atoms with Crippen molar-refractivity contribution in [1.82, 2.24) is 0 Å². The predicted molar refractivity (Wildman–Crippen MR) is 76.5 cm³/mol. The molecule has 2 aromatic carbocycles. The van der Waals surface area contributed by atoms with Crippen molar-refractivity contribution in [2.24, 2.45) is 0 Å². The Bertz CT molecular complexity index is 743. The molecular weight excluding hydrogens is 316 g/mol. The maximum absolute atomic E-state index is 12.1. The van der Waals surface area contributed by atoms with Crippen LogP contribution in [0.1, 0.15) is 11.7 Å². The molecule has 2 aromatic rings. The highest BCUT2D eigenvalue weighted by Crippen LogP contribution is 2.29. The highest BCUT2D eigenvalue weighted by atomic mass is 35.5. The molecule has 1 N–H and O–H groups in total. The number of halogens is 1. The molecule has 2 rings (SSSR count). The van der Waals surface area contributed by atoms with Crippen LogP contribution in [0.4, 0.5) is 0 Å². The average molecular weight is 327 g/mol. The van der Waals surface area contributed by atoms with Gasteiger partial charge in [0, 0.05) is 10.6 Å². The summed E-state index contributed by atoms with van der Waals surface area (Å²) in [4.78, 5) is 11.2. The van der Waals surface area contributed by atoms with Crippen molar-refractivity contribution in [3.63, 3.8) is 0 Å². The van der Waals surface area contributed by atoms with Gasteiger partial charge >= 0.3 is 5.97 Å². The Morgan fingerprint density at radius 2 is 1.62 bits per heavy atom. The fraction of sp³-hybridized carbons (Fsp3) is 0.0714. The van der Waals surface area contributed by atoms with Gasteiger partial charge in [0.25, 0.3) is 10.1 Å². The van der Waals surface area contributed by atoms with Crippen molar-refractivity contribution in [1.29, 1.82) is 0 Å². The summed E-state index contributed by atoms with van der Waals surface area (Å²) < 4.78 is 29.0. The Morgan fingerprint density at radius 1 is 1.05 bits per heavy atom. The number of carboxylic acid groups (broad SMARTS) is 1. The maximum Gasteiger partial charge on any atom is 0.339 e. The van der Waals surface area contributed by atoms with E-state index >= 15 is 0 Å². The lowest BCUT2D eigenvalue weighted by atomic mass is 10.1. The van der Waals surface area contributed by atoms with Crippen molar-refractivity contribution < 1.29 is 22.5 Å². The summed E-state index contributed by atoms with van der Waals surface area (Å²) in [5, 5.41) is 9.33. The van der Waals surface area contributed by atoms with Crippen LogP contribution in [-0.2, 0) is 19.1 Å². The van der Waals surface area contributed by atoms with Gasteiger partial charge in [0.2, 0.25) is 6.10 Å². The van der Waals surface area contributed by atoms with Crippen LogP contribution in [-0.4, -0.2) is 19.5 Å². The van der Waals surface area contributed by atoms with Gasteiger partial charge in [-0.2, -0.15) is 8.42 Å². The zero-order chi connectivity index (χ0) is 15.5. The molecule has 0 bridgehead atoms. The van der Waals surface area contributed by atoms with E-state index in [9.17, 15) is 18.3 Å². The second kappa shape index (κ2) is 6.26. The Hall–Kier alpha value is -1.89. The first-order chi connectivity index (χ1) is 9.92.